The fourth-order valence-corrected chi connectivity index (χ4v) is 5.54. The van der Waals surface area contributed by atoms with Crippen molar-refractivity contribution >= 4 is 11.8 Å². The van der Waals surface area contributed by atoms with Crippen LogP contribution in [0.3, 0.4) is 0 Å². The van der Waals surface area contributed by atoms with Crippen LogP contribution in [-0.2, 0) is 17.8 Å². The Balaban J connectivity index is 1.39. The summed E-state index contributed by atoms with van der Waals surface area (Å²) in [5, 5.41) is 15.3. The van der Waals surface area contributed by atoms with Crippen molar-refractivity contribution in [1.82, 2.24) is 15.0 Å². The molecule has 3 aromatic rings. The van der Waals surface area contributed by atoms with E-state index in [9.17, 15) is 19.1 Å². The number of aryl methyl sites for hydroxylation is 1. The van der Waals surface area contributed by atoms with Crippen molar-refractivity contribution in [3.63, 3.8) is 0 Å². The molecule has 0 aliphatic carbocycles. The highest BCUT2D eigenvalue weighted by Gasteiger charge is 2.52. The molecule has 0 bridgehead atoms. The van der Waals surface area contributed by atoms with Crippen LogP contribution in [0.15, 0.2) is 65.2 Å². The molecule has 188 valence electrons. The SMILES string of the molecule is CCc1cc(C(=O)N2CCC3(CC2)C[C@@H](O)[C@H](c2ccccc2)N(Cc2ccc(F)cc2)C3=O)on1. The van der Waals surface area contributed by atoms with Crippen molar-refractivity contribution < 1.29 is 23.6 Å². The van der Waals surface area contributed by atoms with Crippen molar-refractivity contribution in [2.75, 3.05) is 13.1 Å². The van der Waals surface area contributed by atoms with Crippen LogP contribution < -0.4 is 0 Å². The second kappa shape index (κ2) is 9.85. The normalized spacial score (nSPS) is 21.7. The molecule has 2 saturated heterocycles. The zero-order valence-electron chi connectivity index (χ0n) is 20.3. The maximum Gasteiger partial charge on any atom is 0.292 e. The molecule has 2 aromatic carbocycles. The van der Waals surface area contributed by atoms with Crippen molar-refractivity contribution in [3.05, 3.63) is 89.1 Å². The van der Waals surface area contributed by atoms with Crippen LogP contribution in [0.25, 0.3) is 0 Å². The molecule has 2 amide bonds. The van der Waals surface area contributed by atoms with E-state index < -0.39 is 17.6 Å². The zero-order chi connectivity index (χ0) is 25.3. The highest BCUT2D eigenvalue weighted by Crippen LogP contribution is 2.47. The van der Waals surface area contributed by atoms with Crippen molar-refractivity contribution in [1.29, 1.82) is 0 Å². The number of likely N-dealkylation sites (tertiary alicyclic amines) is 2. The van der Waals surface area contributed by atoms with E-state index in [0.717, 1.165) is 16.8 Å². The van der Waals surface area contributed by atoms with Gasteiger partial charge in [0.05, 0.1) is 23.3 Å². The molecule has 0 radical (unpaired) electrons. The lowest BCUT2D eigenvalue weighted by molar-refractivity contribution is -0.164. The zero-order valence-corrected chi connectivity index (χ0v) is 20.3. The Bertz CT molecular complexity index is 1220. The average molecular weight is 492 g/mol. The summed E-state index contributed by atoms with van der Waals surface area (Å²) >= 11 is 0. The molecular formula is C28H30FN3O4. The molecule has 8 heteroatoms. The predicted molar refractivity (Wildman–Crippen MR) is 130 cm³/mol. The van der Waals surface area contributed by atoms with Crippen LogP contribution in [0.4, 0.5) is 4.39 Å². The minimum Gasteiger partial charge on any atom is -0.391 e. The summed E-state index contributed by atoms with van der Waals surface area (Å²) < 4.78 is 18.7. The van der Waals surface area contributed by atoms with Crippen LogP contribution in [0.1, 0.15) is 59.6 Å². The summed E-state index contributed by atoms with van der Waals surface area (Å²) in [6, 6.07) is 16.8. The molecule has 36 heavy (non-hydrogen) atoms. The third-order valence-electron chi connectivity index (χ3n) is 7.56. The van der Waals surface area contributed by atoms with Gasteiger partial charge in [-0.2, -0.15) is 0 Å². The number of hydrogen-bond donors (Lipinski definition) is 1. The highest BCUT2D eigenvalue weighted by molar-refractivity contribution is 5.92. The molecule has 2 aliphatic heterocycles. The van der Waals surface area contributed by atoms with Gasteiger partial charge < -0.3 is 19.4 Å². The molecule has 0 saturated carbocycles. The summed E-state index contributed by atoms with van der Waals surface area (Å²) in [7, 11) is 0. The topological polar surface area (TPSA) is 86.9 Å². The third-order valence-corrected chi connectivity index (χ3v) is 7.56. The van der Waals surface area contributed by atoms with E-state index in [1.165, 1.54) is 12.1 Å². The maximum absolute atomic E-state index is 14.1. The molecule has 2 fully saturated rings. The first-order valence-electron chi connectivity index (χ1n) is 12.4. The van der Waals surface area contributed by atoms with Gasteiger partial charge in [-0.1, -0.05) is 54.5 Å². The van der Waals surface area contributed by atoms with Gasteiger partial charge in [-0.25, -0.2) is 4.39 Å². The first-order chi connectivity index (χ1) is 17.4. The summed E-state index contributed by atoms with van der Waals surface area (Å²) in [6.07, 6.45) is 1.14. The predicted octanol–water partition coefficient (Wildman–Crippen LogP) is 4.13. The Morgan fingerprint density at radius 1 is 1.14 bits per heavy atom. The number of benzene rings is 2. The highest BCUT2D eigenvalue weighted by atomic mass is 19.1. The van der Waals surface area contributed by atoms with Gasteiger partial charge in [0.1, 0.15) is 5.82 Å². The number of aliphatic hydroxyl groups excluding tert-OH is 1. The van der Waals surface area contributed by atoms with Gasteiger partial charge in [-0.15, -0.1) is 0 Å². The molecule has 5 rings (SSSR count). The van der Waals surface area contributed by atoms with E-state index in [4.69, 9.17) is 4.52 Å². The second-order valence-corrected chi connectivity index (χ2v) is 9.80. The molecule has 1 spiro atoms. The van der Waals surface area contributed by atoms with Crippen LogP contribution in [0.5, 0.6) is 0 Å². The number of piperidine rings is 2. The van der Waals surface area contributed by atoms with Crippen LogP contribution >= 0.6 is 0 Å². The Hall–Kier alpha value is -3.52. The Labute approximate surface area is 209 Å². The number of aliphatic hydroxyl groups is 1. The summed E-state index contributed by atoms with van der Waals surface area (Å²) in [5.74, 6) is -0.397. The molecule has 7 nitrogen and oxygen atoms in total. The molecule has 2 aliphatic rings. The van der Waals surface area contributed by atoms with Gasteiger partial charge in [-0.05, 0) is 48.9 Å². The van der Waals surface area contributed by atoms with Crippen molar-refractivity contribution in [3.8, 4) is 0 Å². The number of nitrogens with zero attached hydrogens (tertiary/aromatic N) is 3. The van der Waals surface area contributed by atoms with Gasteiger partial charge in [0, 0.05) is 25.7 Å². The number of carbonyl (C=O) groups excluding carboxylic acids is 2. The number of rotatable bonds is 5. The quantitative estimate of drug-likeness (QED) is 0.580. The Morgan fingerprint density at radius 3 is 2.47 bits per heavy atom. The minimum atomic E-state index is -0.769. The fourth-order valence-electron chi connectivity index (χ4n) is 5.54. The molecule has 3 heterocycles. The molecule has 1 aromatic heterocycles. The summed E-state index contributed by atoms with van der Waals surface area (Å²) in [6.45, 7) is 2.98. The van der Waals surface area contributed by atoms with E-state index >= 15 is 0 Å². The molecule has 2 atom stereocenters. The standard InChI is InChI=1S/C28H30FN3O4/c1-2-22-16-24(36-30-22)26(34)31-14-12-28(13-15-31)17-23(33)25(20-6-4-3-5-7-20)32(27(28)35)18-19-8-10-21(29)11-9-19/h3-11,16,23,25,33H,2,12-15,17-18H2,1H3/t23-,25+/m1/s1. The van der Waals surface area contributed by atoms with Gasteiger partial charge >= 0.3 is 0 Å². The van der Waals surface area contributed by atoms with E-state index in [1.54, 1.807) is 28.0 Å². The van der Waals surface area contributed by atoms with Crippen LogP contribution in [0.2, 0.25) is 0 Å². The Kier molecular flexibility index (Phi) is 6.62. The Morgan fingerprint density at radius 2 is 1.83 bits per heavy atom. The van der Waals surface area contributed by atoms with E-state index in [1.807, 2.05) is 37.3 Å². The second-order valence-electron chi connectivity index (χ2n) is 9.80. The monoisotopic (exact) mass is 491 g/mol. The van der Waals surface area contributed by atoms with Gasteiger partial charge in [0.15, 0.2) is 0 Å². The van der Waals surface area contributed by atoms with E-state index in [0.29, 0.717) is 38.8 Å². The van der Waals surface area contributed by atoms with Crippen LogP contribution in [-0.4, -0.2) is 51.1 Å². The van der Waals surface area contributed by atoms with E-state index in [2.05, 4.69) is 5.16 Å². The minimum absolute atomic E-state index is 0.0361. The summed E-state index contributed by atoms with van der Waals surface area (Å²) in [4.78, 5) is 30.5. The van der Waals surface area contributed by atoms with E-state index in [-0.39, 0.29) is 29.9 Å². The molecule has 0 unspecified atom stereocenters. The van der Waals surface area contributed by atoms with Crippen LogP contribution in [0, 0.1) is 11.2 Å². The molecule has 1 N–H and O–H groups in total. The lowest BCUT2D eigenvalue weighted by Gasteiger charge is -2.51. The fraction of sp³-hybridized carbons (Fsp3) is 0.393. The van der Waals surface area contributed by atoms with Gasteiger partial charge in [0.2, 0.25) is 11.7 Å². The van der Waals surface area contributed by atoms with Crippen molar-refractivity contribution in [2.24, 2.45) is 5.41 Å². The number of amides is 2. The van der Waals surface area contributed by atoms with Crippen molar-refractivity contribution in [2.45, 2.75) is 51.3 Å². The van der Waals surface area contributed by atoms with Gasteiger partial charge in [-0.3, -0.25) is 9.59 Å². The number of halogens is 1. The maximum atomic E-state index is 14.1. The smallest absolute Gasteiger partial charge is 0.292 e. The van der Waals surface area contributed by atoms with Gasteiger partial charge in [0.25, 0.3) is 5.91 Å². The first-order valence-corrected chi connectivity index (χ1v) is 12.4. The number of aromatic nitrogens is 1. The average Bonchev–Trinajstić information content (AvgIpc) is 3.38. The lowest BCUT2D eigenvalue weighted by Crippen LogP contribution is -2.58. The number of hydrogen-bond acceptors (Lipinski definition) is 5. The molecular weight excluding hydrogens is 461 g/mol. The third kappa shape index (κ3) is 4.53. The first kappa shape index (κ1) is 24.2. The number of carbonyl (C=O) groups is 2. The summed E-state index contributed by atoms with van der Waals surface area (Å²) in [5.41, 5.74) is 1.61. The largest absolute Gasteiger partial charge is 0.391 e. The lowest BCUT2D eigenvalue weighted by atomic mass is 9.68.